The zero-order chi connectivity index (χ0) is 25.7. The van der Waals surface area contributed by atoms with E-state index in [-0.39, 0.29) is 30.1 Å². The van der Waals surface area contributed by atoms with Gasteiger partial charge in [0.05, 0.1) is 25.2 Å². The molecule has 196 valence electrons. The lowest BCUT2D eigenvalue weighted by molar-refractivity contribution is -0.0497. The van der Waals surface area contributed by atoms with E-state index in [0.717, 1.165) is 25.7 Å². The lowest BCUT2D eigenvalue weighted by atomic mass is 9.62. The lowest BCUT2D eigenvalue weighted by Crippen LogP contribution is -2.51. The fourth-order valence-corrected chi connectivity index (χ4v) is 4.88. The zero-order valence-corrected chi connectivity index (χ0v) is 21.9. The van der Waals surface area contributed by atoms with Gasteiger partial charge in [0.2, 0.25) is 0 Å². The molecule has 0 aromatic heterocycles. The summed E-state index contributed by atoms with van der Waals surface area (Å²) in [5, 5.41) is 5.90. The number of hydrogen-bond donors (Lipinski definition) is 2. The summed E-state index contributed by atoms with van der Waals surface area (Å²) in [5.74, 6) is 0. The third-order valence-electron chi connectivity index (χ3n) is 6.27. The molecule has 2 N–H and O–H groups in total. The maximum Gasteiger partial charge on any atom is 0.407 e. The van der Waals surface area contributed by atoms with E-state index in [1.54, 1.807) is 6.08 Å². The van der Waals surface area contributed by atoms with Crippen LogP contribution in [0.15, 0.2) is 25.3 Å². The van der Waals surface area contributed by atoms with Gasteiger partial charge >= 0.3 is 12.2 Å². The molecule has 1 saturated carbocycles. The largest absolute Gasteiger partial charge is 0.449 e. The van der Waals surface area contributed by atoms with Crippen molar-refractivity contribution in [2.24, 2.45) is 16.2 Å². The summed E-state index contributed by atoms with van der Waals surface area (Å²) in [7, 11) is 0. The smallest absolute Gasteiger partial charge is 0.407 e. The number of nitrogens with one attached hydrogen (secondary N) is 2. The first-order chi connectivity index (χ1) is 16.0. The number of hydrogen-bond acceptors (Lipinski definition) is 6. The number of ether oxygens (including phenoxy) is 4. The molecule has 0 spiro atoms. The van der Waals surface area contributed by atoms with Gasteiger partial charge in [-0.25, -0.2) is 9.59 Å². The van der Waals surface area contributed by atoms with Crippen LogP contribution in [0, 0.1) is 16.2 Å². The van der Waals surface area contributed by atoms with E-state index in [0.29, 0.717) is 33.0 Å². The first-order valence-electron chi connectivity index (χ1n) is 12.2. The fourth-order valence-electron chi connectivity index (χ4n) is 4.88. The maximum atomic E-state index is 12.8. The molecular weight excluding hydrogens is 436 g/mol. The molecule has 0 radical (unpaired) electrons. The monoisotopic (exact) mass is 482 g/mol. The molecule has 3 unspecified atom stereocenters. The average molecular weight is 483 g/mol. The average Bonchev–Trinajstić information content (AvgIpc) is 2.76. The molecular formula is C26H46N2O6. The molecule has 8 heteroatoms. The minimum atomic E-state index is -0.461. The summed E-state index contributed by atoms with van der Waals surface area (Å²) < 4.78 is 22.0. The first-order valence-corrected chi connectivity index (χ1v) is 12.2. The van der Waals surface area contributed by atoms with Crippen LogP contribution >= 0.6 is 0 Å². The number of carbonyl (C=O) groups excluding carboxylic acids is 2. The van der Waals surface area contributed by atoms with Crippen molar-refractivity contribution in [3.8, 4) is 0 Å². The van der Waals surface area contributed by atoms with E-state index in [2.05, 4.69) is 44.6 Å². The number of rotatable bonds is 15. The SMILES string of the molecule is C=CCOCC(CC)(COCC)COC(=O)NC1CC(C)(C)CC(C)(CNC(=O)OCC=C)C1. The van der Waals surface area contributed by atoms with Crippen molar-refractivity contribution < 1.29 is 28.5 Å². The van der Waals surface area contributed by atoms with Gasteiger partial charge in [0.15, 0.2) is 0 Å². The Labute approximate surface area is 205 Å². The predicted octanol–water partition coefficient (Wildman–Crippen LogP) is 4.85. The van der Waals surface area contributed by atoms with Crippen LogP contribution < -0.4 is 10.6 Å². The summed E-state index contributed by atoms with van der Waals surface area (Å²) in [6.45, 7) is 20.4. The van der Waals surface area contributed by atoms with Gasteiger partial charge in [0.1, 0.15) is 13.2 Å². The van der Waals surface area contributed by atoms with Gasteiger partial charge in [-0.05, 0) is 43.4 Å². The molecule has 1 aliphatic rings. The molecule has 1 rings (SSSR count). The standard InChI is InChI=1S/C26H46N2O6/c1-8-12-32-19-26(10-3,18-31-11-4)20-34-23(30)28-21-14-24(5,6)16-25(7,15-21)17-27-22(29)33-13-9-2/h8-9,21H,1-2,10-20H2,3-7H3,(H,27,29)(H,28,30). The van der Waals surface area contributed by atoms with Gasteiger partial charge in [-0.15, -0.1) is 6.58 Å². The van der Waals surface area contributed by atoms with Crippen LogP contribution in [0.3, 0.4) is 0 Å². The molecule has 1 fully saturated rings. The van der Waals surface area contributed by atoms with Gasteiger partial charge in [-0.3, -0.25) is 0 Å². The van der Waals surface area contributed by atoms with Crippen LogP contribution in [0.5, 0.6) is 0 Å². The van der Waals surface area contributed by atoms with Crippen LogP contribution in [0.2, 0.25) is 0 Å². The van der Waals surface area contributed by atoms with Gasteiger partial charge in [0, 0.05) is 19.2 Å². The molecule has 0 aromatic carbocycles. The van der Waals surface area contributed by atoms with Crippen molar-refractivity contribution in [2.75, 3.05) is 46.2 Å². The third-order valence-corrected chi connectivity index (χ3v) is 6.27. The lowest BCUT2D eigenvalue weighted by Gasteiger charge is -2.46. The highest BCUT2D eigenvalue weighted by atomic mass is 16.6. The highest BCUT2D eigenvalue weighted by molar-refractivity contribution is 5.68. The van der Waals surface area contributed by atoms with Gasteiger partial charge in [-0.1, -0.05) is 46.4 Å². The summed E-state index contributed by atoms with van der Waals surface area (Å²) in [4.78, 5) is 24.6. The second-order valence-electron chi connectivity index (χ2n) is 10.5. The van der Waals surface area contributed by atoms with Crippen LogP contribution in [-0.4, -0.2) is 64.4 Å². The van der Waals surface area contributed by atoms with Gasteiger partial charge in [0.25, 0.3) is 0 Å². The van der Waals surface area contributed by atoms with Gasteiger partial charge in [-0.2, -0.15) is 0 Å². The molecule has 2 amide bonds. The summed E-state index contributed by atoms with van der Waals surface area (Å²) in [6, 6.07) is -0.0628. The molecule has 0 heterocycles. The van der Waals surface area contributed by atoms with Crippen molar-refractivity contribution in [1.29, 1.82) is 0 Å². The molecule has 0 saturated heterocycles. The van der Waals surface area contributed by atoms with Crippen molar-refractivity contribution >= 4 is 12.2 Å². The summed E-state index contributed by atoms with van der Waals surface area (Å²) >= 11 is 0. The number of carbonyl (C=O) groups is 2. The number of amides is 2. The second kappa shape index (κ2) is 14.4. The summed E-state index contributed by atoms with van der Waals surface area (Å²) in [5.41, 5.74) is -0.599. The quantitative estimate of drug-likeness (QED) is 0.256. The van der Waals surface area contributed by atoms with Crippen molar-refractivity contribution in [3.63, 3.8) is 0 Å². The molecule has 8 nitrogen and oxygen atoms in total. The molecule has 0 aliphatic heterocycles. The number of alkyl carbamates (subject to hydrolysis) is 2. The Morgan fingerprint density at radius 2 is 1.65 bits per heavy atom. The van der Waals surface area contributed by atoms with E-state index < -0.39 is 17.6 Å². The topological polar surface area (TPSA) is 95.1 Å². The van der Waals surface area contributed by atoms with E-state index in [1.807, 2.05) is 13.8 Å². The fraction of sp³-hybridized carbons (Fsp3) is 0.769. The van der Waals surface area contributed by atoms with Crippen molar-refractivity contribution in [2.45, 2.75) is 66.3 Å². The molecule has 0 bridgehead atoms. The summed E-state index contributed by atoms with van der Waals surface area (Å²) in [6.07, 6.45) is 5.56. The van der Waals surface area contributed by atoms with Crippen molar-refractivity contribution in [3.05, 3.63) is 25.3 Å². The second-order valence-corrected chi connectivity index (χ2v) is 10.5. The minimum absolute atomic E-state index is 0.00167. The van der Waals surface area contributed by atoms with Gasteiger partial charge < -0.3 is 29.6 Å². The zero-order valence-electron chi connectivity index (χ0n) is 21.9. The predicted molar refractivity (Wildman–Crippen MR) is 134 cm³/mol. The van der Waals surface area contributed by atoms with Crippen LogP contribution in [-0.2, 0) is 18.9 Å². The van der Waals surface area contributed by atoms with E-state index >= 15 is 0 Å². The maximum absolute atomic E-state index is 12.8. The molecule has 1 aliphatic carbocycles. The highest BCUT2D eigenvalue weighted by Crippen LogP contribution is 2.45. The first kappa shape index (κ1) is 30.0. The highest BCUT2D eigenvalue weighted by Gasteiger charge is 2.42. The van der Waals surface area contributed by atoms with Crippen LogP contribution in [0.4, 0.5) is 9.59 Å². The molecule has 34 heavy (non-hydrogen) atoms. The third kappa shape index (κ3) is 10.9. The van der Waals surface area contributed by atoms with Crippen LogP contribution in [0.25, 0.3) is 0 Å². The van der Waals surface area contributed by atoms with Crippen LogP contribution in [0.1, 0.15) is 60.3 Å². The van der Waals surface area contributed by atoms with Crippen molar-refractivity contribution in [1.82, 2.24) is 10.6 Å². The Bertz CT molecular complexity index is 668. The normalized spacial score (nSPS) is 23.3. The minimum Gasteiger partial charge on any atom is -0.449 e. The van der Waals surface area contributed by atoms with E-state index in [4.69, 9.17) is 18.9 Å². The molecule has 0 aromatic rings. The van der Waals surface area contributed by atoms with E-state index in [1.165, 1.54) is 6.08 Å². The Kier molecular flexibility index (Phi) is 12.7. The Balaban J connectivity index is 2.72. The molecule has 3 atom stereocenters. The van der Waals surface area contributed by atoms with E-state index in [9.17, 15) is 9.59 Å². The Hall–Kier alpha value is -2.06. The Morgan fingerprint density at radius 1 is 0.971 bits per heavy atom. The Morgan fingerprint density at radius 3 is 2.26 bits per heavy atom.